The number of pyridine rings is 1. The Labute approximate surface area is 259 Å². The van der Waals surface area contributed by atoms with Gasteiger partial charge in [-0.25, -0.2) is 18.2 Å². The summed E-state index contributed by atoms with van der Waals surface area (Å²) in [6.07, 6.45) is 2.36. The number of benzene rings is 3. The Morgan fingerprint density at radius 1 is 0.822 bits per heavy atom. The number of rotatable bonds is 9. The molecule has 1 aliphatic rings. The van der Waals surface area contributed by atoms with Crippen LogP contribution in [0.3, 0.4) is 0 Å². The van der Waals surface area contributed by atoms with Crippen molar-refractivity contribution in [2.45, 2.75) is 31.0 Å². The molecule has 10 nitrogen and oxygen atoms in total. The summed E-state index contributed by atoms with van der Waals surface area (Å²) in [6.45, 7) is 0.456. The van der Waals surface area contributed by atoms with E-state index in [2.05, 4.69) is 15.6 Å². The van der Waals surface area contributed by atoms with Crippen LogP contribution in [0.4, 0.5) is 11.5 Å². The van der Waals surface area contributed by atoms with Gasteiger partial charge in [0.05, 0.1) is 11.3 Å². The van der Waals surface area contributed by atoms with Crippen LogP contribution in [0.2, 0.25) is 0 Å². The van der Waals surface area contributed by atoms with E-state index in [1.807, 2.05) is 54.6 Å². The molecule has 0 atom stereocenters. The third-order valence-electron chi connectivity index (χ3n) is 7.67. The number of hydrogen-bond donors (Lipinski definition) is 2. The smallest absolute Gasteiger partial charge is 0.332 e. The third-order valence-corrected chi connectivity index (χ3v) is 9.51. The Hall–Kier alpha value is -5.29. The maximum atomic E-state index is 13.5. The highest BCUT2D eigenvalue weighted by atomic mass is 32.2. The molecule has 0 spiro atoms. The first-order valence-electron chi connectivity index (χ1n) is 14.6. The summed E-state index contributed by atoms with van der Waals surface area (Å²) in [5.74, 6) is 0.327. The molecule has 228 valence electrons. The fourth-order valence-electron chi connectivity index (χ4n) is 5.42. The van der Waals surface area contributed by atoms with Crippen LogP contribution in [0.1, 0.15) is 23.2 Å². The van der Waals surface area contributed by atoms with Gasteiger partial charge in [0.1, 0.15) is 5.82 Å². The first-order valence-corrected chi connectivity index (χ1v) is 16.3. The number of sulfone groups is 1. The highest BCUT2D eigenvalue weighted by Crippen LogP contribution is 2.27. The normalized spacial score (nSPS) is 13.5. The largest absolute Gasteiger partial charge is 0.352 e. The molecule has 3 heterocycles. The summed E-state index contributed by atoms with van der Waals surface area (Å²) in [5, 5.41) is 5.88. The van der Waals surface area contributed by atoms with Crippen molar-refractivity contribution in [3.63, 3.8) is 0 Å². The molecule has 11 heteroatoms. The van der Waals surface area contributed by atoms with E-state index in [4.69, 9.17) is 0 Å². The van der Waals surface area contributed by atoms with E-state index >= 15 is 0 Å². The van der Waals surface area contributed by atoms with Crippen molar-refractivity contribution in [2.75, 3.05) is 17.6 Å². The molecule has 0 fully saturated rings. The zero-order valence-corrected chi connectivity index (χ0v) is 25.2. The van der Waals surface area contributed by atoms with Crippen molar-refractivity contribution in [1.29, 1.82) is 0 Å². The molecule has 0 radical (unpaired) electrons. The number of carbonyl (C=O) groups excluding carboxylic acids is 1. The van der Waals surface area contributed by atoms with Crippen molar-refractivity contribution < 1.29 is 13.2 Å². The number of carbonyl (C=O) groups is 1. The Morgan fingerprint density at radius 2 is 1.51 bits per heavy atom. The fraction of sp³-hybridized carbons (Fsp3) is 0.176. The number of hydrogen-bond acceptors (Lipinski definition) is 7. The maximum Gasteiger partial charge on any atom is 0.332 e. The van der Waals surface area contributed by atoms with Gasteiger partial charge in [-0.3, -0.25) is 18.7 Å². The van der Waals surface area contributed by atoms with Crippen LogP contribution in [0.25, 0.3) is 22.3 Å². The number of fused-ring (bicyclic) bond motifs is 1. The van der Waals surface area contributed by atoms with Crippen molar-refractivity contribution in [2.24, 2.45) is 0 Å². The number of aromatic nitrogens is 3. The zero-order chi connectivity index (χ0) is 31.4. The van der Waals surface area contributed by atoms with E-state index < -0.39 is 21.1 Å². The first-order chi connectivity index (χ1) is 21.8. The van der Waals surface area contributed by atoms with Crippen LogP contribution in [0.5, 0.6) is 0 Å². The zero-order valence-electron chi connectivity index (χ0n) is 24.3. The van der Waals surface area contributed by atoms with Crippen molar-refractivity contribution >= 4 is 27.2 Å². The predicted octanol–water partition coefficient (Wildman–Crippen LogP) is 4.48. The third kappa shape index (κ3) is 6.34. The van der Waals surface area contributed by atoms with Crippen LogP contribution in [-0.4, -0.2) is 40.7 Å². The van der Waals surface area contributed by atoms with E-state index in [-0.39, 0.29) is 41.9 Å². The number of anilines is 2. The molecular weight excluding hydrogens is 590 g/mol. The van der Waals surface area contributed by atoms with Gasteiger partial charge < -0.3 is 10.6 Å². The van der Waals surface area contributed by atoms with Gasteiger partial charge in [0, 0.05) is 42.6 Å². The molecule has 45 heavy (non-hydrogen) atoms. The van der Waals surface area contributed by atoms with Gasteiger partial charge in [0.15, 0.2) is 14.9 Å². The van der Waals surface area contributed by atoms with Gasteiger partial charge in [-0.05, 0) is 60.4 Å². The summed E-state index contributed by atoms with van der Waals surface area (Å²) in [7, 11) is -3.80. The Balaban J connectivity index is 1.11. The fourth-order valence-corrected chi connectivity index (χ4v) is 7.15. The van der Waals surface area contributed by atoms with Gasteiger partial charge in [-0.1, -0.05) is 60.7 Å². The minimum atomic E-state index is -3.80. The minimum absolute atomic E-state index is 0.0105. The van der Waals surface area contributed by atoms with Crippen LogP contribution in [0, 0.1) is 0 Å². The van der Waals surface area contributed by atoms with E-state index in [9.17, 15) is 22.8 Å². The lowest BCUT2D eigenvalue weighted by Crippen LogP contribution is -2.45. The van der Waals surface area contributed by atoms with Gasteiger partial charge in [0.25, 0.3) is 11.5 Å². The molecule has 0 aliphatic carbocycles. The summed E-state index contributed by atoms with van der Waals surface area (Å²) in [6, 6.07) is 29.3. The second-order valence-electron chi connectivity index (χ2n) is 10.7. The predicted molar refractivity (Wildman–Crippen MR) is 173 cm³/mol. The Morgan fingerprint density at radius 3 is 2.20 bits per heavy atom. The standard InChI is InChI=1S/C34H31N5O5S/c40-31(26-15-13-24(14-16-26)27-17-18-29(36-23-27)37-28-11-5-2-6-12-28)35-19-7-20-38-32(41)30(25-9-3-1-4-10-25)33-39(34(38)42)21-8-22-45(33,43)44/h1-6,9-18,23H,7-8,19-22H2,(H,35,40)(H,36,37). The van der Waals surface area contributed by atoms with E-state index in [0.29, 0.717) is 24.0 Å². The molecule has 6 rings (SSSR count). The van der Waals surface area contributed by atoms with Gasteiger partial charge in [-0.15, -0.1) is 0 Å². The monoisotopic (exact) mass is 621 g/mol. The van der Waals surface area contributed by atoms with E-state index in [0.717, 1.165) is 27.2 Å². The lowest BCUT2D eigenvalue weighted by molar-refractivity contribution is 0.0952. The van der Waals surface area contributed by atoms with Crippen molar-refractivity contribution in [1.82, 2.24) is 19.4 Å². The first kappa shape index (κ1) is 29.8. The molecule has 1 amide bonds. The quantitative estimate of drug-likeness (QED) is 0.183. The summed E-state index contributed by atoms with van der Waals surface area (Å²) >= 11 is 0. The summed E-state index contributed by atoms with van der Waals surface area (Å²) in [4.78, 5) is 44.1. The Bertz CT molecular complexity index is 2060. The topological polar surface area (TPSA) is 132 Å². The average molecular weight is 622 g/mol. The molecule has 0 unspecified atom stereocenters. The molecular formula is C34H31N5O5S. The van der Waals surface area contributed by atoms with Gasteiger partial charge in [-0.2, -0.15) is 0 Å². The van der Waals surface area contributed by atoms with Crippen molar-refractivity contribution in [3.8, 4) is 22.3 Å². The molecule has 0 saturated carbocycles. The van der Waals surface area contributed by atoms with Gasteiger partial charge >= 0.3 is 5.69 Å². The number of nitrogens with zero attached hydrogens (tertiary/aromatic N) is 3. The minimum Gasteiger partial charge on any atom is -0.352 e. The molecule has 0 bridgehead atoms. The van der Waals surface area contributed by atoms with Gasteiger partial charge in [0.2, 0.25) is 0 Å². The second kappa shape index (κ2) is 12.7. The number of amides is 1. The SMILES string of the molecule is O=C(NCCCn1c(=O)c(-c2ccccc2)c2n(c1=O)CCCS2(=O)=O)c1ccc(-c2ccc(Nc3ccccc3)nc2)cc1. The Kier molecular flexibility index (Phi) is 8.43. The van der Waals surface area contributed by atoms with Crippen LogP contribution >= 0.6 is 0 Å². The van der Waals surface area contributed by atoms with Crippen molar-refractivity contribution in [3.05, 3.63) is 130 Å². The number of nitrogens with one attached hydrogen (secondary N) is 2. The molecule has 3 aromatic carbocycles. The summed E-state index contributed by atoms with van der Waals surface area (Å²) in [5.41, 5.74) is 2.38. The highest BCUT2D eigenvalue weighted by Gasteiger charge is 2.32. The number of para-hydroxylation sites is 1. The molecule has 0 saturated heterocycles. The molecule has 2 aromatic heterocycles. The van der Waals surface area contributed by atoms with Crippen LogP contribution < -0.4 is 21.9 Å². The molecule has 1 aliphatic heterocycles. The lowest BCUT2D eigenvalue weighted by Gasteiger charge is -2.23. The maximum absolute atomic E-state index is 13.5. The molecule has 2 N–H and O–H groups in total. The van der Waals surface area contributed by atoms with Crippen LogP contribution in [-0.2, 0) is 22.9 Å². The summed E-state index contributed by atoms with van der Waals surface area (Å²) < 4.78 is 28.2. The second-order valence-corrected chi connectivity index (χ2v) is 12.7. The highest BCUT2D eigenvalue weighted by molar-refractivity contribution is 7.91. The van der Waals surface area contributed by atoms with E-state index in [1.54, 1.807) is 48.7 Å². The van der Waals surface area contributed by atoms with E-state index in [1.165, 1.54) is 4.57 Å². The molecule has 5 aromatic rings. The average Bonchev–Trinajstić information content (AvgIpc) is 3.06. The van der Waals surface area contributed by atoms with Crippen LogP contribution in [0.15, 0.2) is 118 Å². The lowest BCUT2D eigenvalue weighted by atomic mass is 10.1.